The number of aromatic hydroxyl groups is 1. The summed E-state index contributed by atoms with van der Waals surface area (Å²) >= 11 is 5.98. The van der Waals surface area contributed by atoms with E-state index >= 15 is 0 Å². The molecule has 24 heavy (non-hydrogen) atoms. The second kappa shape index (κ2) is 5.61. The van der Waals surface area contributed by atoms with Gasteiger partial charge >= 0.3 is 0 Å². The van der Waals surface area contributed by atoms with Gasteiger partial charge in [0.2, 0.25) is 5.88 Å². The van der Waals surface area contributed by atoms with Gasteiger partial charge in [-0.05, 0) is 48.2 Å². The molecule has 1 aliphatic carbocycles. The van der Waals surface area contributed by atoms with Crippen molar-refractivity contribution in [1.29, 1.82) is 0 Å². The SMILES string of the molecule is OCc1ccnc(-n2nc(C3(c4ccc(Cl)cc4)CC3)cc2O)c1. The average Bonchev–Trinajstić information content (AvgIpc) is 3.32. The Bertz CT molecular complexity index is 886. The quantitative estimate of drug-likeness (QED) is 0.764. The largest absolute Gasteiger partial charge is 0.493 e. The predicted octanol–water partition coefficient (Wildman–Crippen LogP) is 3.20. The lowest BCUT2D eigenvalue weighted by atomic mass is 9.93. The molecule has 0 unspecified atom stereocenters. The van der Waals surface area contributed by atoms with Crippen molar-refractivity contribution in [2.24, 2.45) is 0 Å². The normalized spacial score (nSPS) is 15.4. The van der Waals surface area contributed by atoms with Crippen LogP contribution in [0.5, 0.6) is 5.88 Å². The van der Waals surface area contributed by atoms with Crippen LogP contribution in [-0.2, 0) is 12.0 Å². The van der Waals surface area contributed by atoms with Crippen LogP contribution in [-0.4, -0.2) is 25.0 Å². The summed E-state index contributed by atoms with van der Waals surface area (Å²) in [6, 6.07) is 12.9. The Balaban J connectivity index is 1.74. The first kappa shape index (κ1) is 15.2. The average molecular weight is 342 g/mol. The van der Waals surface area contributed by atoms with E-state index in [0.29, 0.717) is 10.8 Å². The van der Waals surface area contributed by atoms with Crippen molar-refractivity contribution in [3.63, 3.8) is 0 Å². The number of hydrogen-bond donors (Lipinski definition) is 2. The van der Waals surface area contributed by atoms with Gasteiger partial charge in [-0.3, -0.25) is 0 Å². The lowest BCUT2D eigenvalue weighted by Gasteiger charge is -2.12. The lowest BCUT2D eigenvalue weighted by molar-refractivity contribution is 0.281. The van der Waals surface area contributed by atoms with E-state index in [-0.39, 0.29) is 17.9 Å². The van der Waals surface area contributed by atoms with Crippen LogP contribution in [0.1, 0.15) is 29.7 Å². The van der Waals surface area contributed by atoms with Gasteiger partial charge in [0.1, 0.15) is 0 Å². The van der Waals surface area contributed by atoms with Crippen LogP contribution in [0.25, 0.3) is 5.82 Å². The summed E-state index contributed by atoms with van der Waals surface area (Å²) < 4.78 is 1.41. The Morgan fingerprint density at radius 1 is 1.12 bits per heavy atom. The zero-order chi connectivity index (χ0) is 16.7. The van der Waals surface area contributed by atoms with Gasteiger partial charge in [-0.1, -0.05) is 23.7 Å². The molecule has 2 aromatic heterocycles. The lowest BCUT2D eigenvalue weighted by Crippen LogP contribution is -2.10. The van der Waals surface area contributed by atoms with Gasteiger partial charge < -0.3 is 10.2 Å². The van der Waals surface area contributed by atoms with E-state index in [1.807, 2.05) is 24.3 Å². The van der Waals surface area contributed by atoms with Crippen LogP contribution < -0.4 is 0 Å². The van der Waals surface area contributed by atoms with Crippen molar-refractivity contribution in [1.82, 2.24) is 14.8 Å². The minimum absolute atomic E-state index is 0.0350. The molecular formula is C18H16ClN3O2. The van der Waals surface area contributed by atoms with Crippen molar-refractivity contribution in [3.05, 3.63) is 70.5 Å². The number of aliphatic hydroxyl groups excluding tert-OH is 1. The topological polar surface area (TPSA) is 71.2 Å². The van der Waals surface area contributed by atoms with Crippen LogP contribution in [0.15, 0.2) is 48.7 Å². The van der Waals surface area contributed by atoms with E-state index in [0.717, 1.165) is 29.7 Å². The number of hydrogen-bond acceptors (Lipinski definition) is 4. The van der Waals surface area contributed by atoms with Gasteiger partial charge in [-0.15, -0.1) is 0 Å². The third kappa shape index (κ3) is 2.46. The van der Waals surface area contributed by atoms with Gasteiger partial charge in [0.05, 0.1) is 12.3 Å². The van der Waals surface area contributed by atoms with Crippen molar-refractivity contribution in [2.75, 3.05) is 0 Å². The Hall–Kier alpha value is -2.37. The fourth-order valence-electron chi connectivity index (χ4n) is 3.04. The fourth-order valence-corrected chi connectivity index (χ4v) is 3.16. The molecule has 1 fully saturated rings. The monoisotopic (exact) mass is 341 g/mol. The fraction of sp³-hybridized carbons (Fsp3) is 0.222. The highest BCUT2D eigenvalue weighted by Crippen LogP contribution is 2.53. The van der Waals surface area contributed by atoms with E-state index in [4.69, 9.17) is 11.6 Å². The van der Waals surface area contributed by atoms with E-state index < -0.39 is 0 Å². The second-order valence-electron chi connectivity index (χ2n) is 6.07. The van der Waals surface area contributed by atoms with E-state index in [2.05, 4.69) is 10.1 Å². The third-order valence-electron chi connectivity index (χ3n) is 4.54. The van der Waals surface area contributed by atoms with Crippen molar-refractivity contribution >= 4 is 11.6 Å². The summed E-state index contributed by atoms with van der Waals surface area (Å²) in [7, 11) is 0. The molecule has 3 aromatic rings. The van der Waals surface area contributed by atoms with Gasteiger partial charge in [0.25, 0.3) is 0 Å². The molecule has 0 atom stereocenters. The summed E-state index contributed by atoms with van der Waals surface area (Å²) in [5.74, 6) is 0.519. The maximum Gasteiger partial charge on any atom is 0.215 e. The van der Waals surface area contributed by atoms with Gasteiger partial charge in [-0.25, -0.2) is 4.98 Å². The third-order valence-corrected chi connectivity index (χ3v) is 4.79. The molecule has 2 N–H and O–H groups in total. The maximum atomic E-state index is 10.3. The summed E-state index contributed by atoms with van der Waals surface area (Å²) in [6.45, 7) is -0.0842. The van der Waals surface area contributed by atoms with E-state index in [9.17, 15) is 10.2 Å². The van der Waals surface area contributed by atoms with Crippen LogP contribution in [0.3, 0.4) is 0 Å². The number of halogens is 1. The molecule has 0 radical (unpaired) electrons. The molecule has 1 aromatic carbocycles. The van der Waals surface area contributed by atoms with Crippen LogP contribution in [0, 0.1) is 0 Å². The molecule has 6 heteroatoms. The number of aromatic nitrogens is 3. The molecule has 1 aliphatic rings. The number of nitrogens with zero attached hydrogens (tertiary/aromatic N) is 3. The van der Waals surface area contributed by atoms with E-state index in [1.165, 1.54) is 4.68 Å². The minimum Gasteiger partial charge on any atom is -0.493 e. The molecule has 0 bridgehead atoms. The van der Waals surface area contributed by atoms with Gasteiger partial charge in [0.15, 0.2) is 5.82 Å². The molecule has 0 saturated heterocycles. The summed E-state index contributed by atoms with van der Waals surface area (Å²) in [6.07, 6.45) is 3.55. The number of pyridine rings is 1. The Kier molecular flexibility index (Phi) is 3.55. The molecule has 0 amide bonds. The highest BCUT2D eigenvalue weighted by Gasteiger charge is 2.48. The van der Waals surface area contributed by atoms with Crippen LogP contribution >= 0.6 is 11.6 Å². The smallest absolute Gasteiger partial charge is 0.215 e. The number of rotatable bonds is 4. The summed E-state index contributed by atoms with van der Waals surface area (Å²) in [4.78, 5) is 4.23. The van der Waals surface area contributed by atoms with Gasteiger partial charge in [0, 0.05) is 22.7 Å². The van der Waals surface area contributed by atoms with Gasteiger partial charge in [-0.2, -0.15) is 9.78 Å². The Labute approximate surface area is 144 Å². The van der Waals surface area contributed by atoms with Crippen LogP contribution in [0.2, 0.25) is 5.02 Å². The highest BCUT2D eigenvalue weighted by molar-refractivity contribution is 6.30. The molecule has 4 rings (SSSR count). The summed E-state index contributed by atoms with van der Waals surface area (Å²) in [5, 5.41) is 24.9. The standard InChI is InChI=1S/C18H16ClN3O2/c19-14-3-1-13(2-4-14)18(6-7-18)15-10-17(24)22(21-15)16-9-12(11-23)5-8-20-16/h1-5,8-10,23-24H,6-7,11H2. The molecule has 2 heterocycles. The van der Waals surface area contributed by atoms with E-state index in [1.54, 1.807) is 24.4 Å². The maximum absolute atomic E-state index is 10.3. The van der Waals surface area contributed by atoms with Crippen LogP contribution in [0.4, 0.5) is 0 Å². The molecular weight excluding hydrogens is 326 g/mol. The first-order valence-corrected chi connectivity index (χ1v) is 8.12. The molecule has 1 saturated carbocycles. The summed E-state index contributed by atoms with van der Waals surface area (Å²) in [5.41, 5.74) is 2.52. The molecule has 0 aliphatic heterocycles. The first-order chi connectivity index (χ1) is 11.6. The highest BCUT2D eigenvalue weighted by atomic mass is 35.5. The number of aliphatic hydroxyl groups is 1. The molecule has 5 nitrogen and oxygen atoms in total. The van der Waals surface area contributed by atoms with Crippen molar-refractivity contribution in [3.8, 4) is 11.7 Å². The Morgan fingerprint density at radius 3 is 2.54 bits per heavy atom. The van der Waals surface area contributed by atoms with Crippen molar-refractivity contribution in [2.45, 2.75) is 24.9 Å². The zero-order valence-electron chi connectivity index (χ0n) is 12.9. The zero-order valence-corrected chi connectivity index (χ0v) is 13.6. The molecule has 122 valence electrons. The minimum atomic E-state index is -0.165. The van der Waals surface area contributed by atoms with Crippen molar-refractivity contribution < 1.29 is 10.2 Å². The second-order valence-corrected chi connectivity index (χ2v) is 6.51. The Morgan fingerprint density at radius 2 is 1.88 bits per heavy atom. The predicted molar refractivity (Wildman–Crippen MR) is 90.4 cm³/mol. The molecule has 0 spiro atoms. The number of benzene rings is 1. The first-order valence-electron chi connectivity index (χ1n) is 7.74.